The number of carbonyl (C=O) groups is 2. The molecule has 12 nitrogen and oxygen atoms in total. The van der Waals surface area contributed by atoms with Crippen molar-refractivity contribution in [2.24, 2.45) is 0 Å². The second kappa shape index (κ2) is 19.0. The normalized spacial score (nSPS) is 22.9. The highest BCUT2D eigenvalue weighted by Gasteiger charge is 2.48. The van der Waals surface area contributed by atoms with E-state index in [-0.39, 0.29) is 6.42 Å². The summed E-state index contributed by atoms with van der Waals surface area (Å²) < 4.78 is 9.92. The van der Waals surface area contributed by atoms with E-state index in [1.165, 1.54) is 11.9 Å². The number of carboxylic acids is 1. The fourth-order valence-electron chi connectivity index (χ4n) is 4.38. The Kier molecular flexibility index (Phi) is 15.8. The Labute approximate surface area is 241 Å². The molecule has 5 atom stereocenters. The van der Waals surface area contributed by atoms with Gasteiger partial charge in [-0.15, -0.1) is 0 Å². The van der Waals surface area contributed by atoms with Crippen molar-refractivity contribution in [3.63, 3.8) is 0 Å². The first kappa shape index (κ1) is 34.0. The monoisotopic (exact) mass is 576 g/mol. The zero-order valence-electron chi connectivity index (χ0n) is 23.9. The summed E-state index contributed by atoms with van der Waals surface area (Å²) in [4.78, 5) is 35.1. The van der Waals surface area contributed by atoms with E-state index < -0.39 is 42.6 Å². The minimum Gasteiger partial charge on any atom is -0.479 e. The number of aromatic nitrogens is 3. The standard InChI is InChI=1S/C23H34N2O8.C4H4N2.C2H6/c26-16(32-23-19(29)17(27)18(28)20(33-23)22(30)31)10-6-4-2-1-3-5-9-15-12-11-14-8-7-13-24-21(14)25-15;1-2-5-4-6-3-1;1-2/h11-12,17-20,23,27-29H,1-10,13H2,(H,24,25)(H,30,31);1-4H;1-2H3. The molecule has 41 heavy (non-hydrogen) atoms. The first-order chi connectivity index (χ1) is 19.9. The number of nitrogens with one attached hydrogen (secondary N) is 1. The van der Waals surface area contributed by atoms with Gasteiger partial charge < -0.3 is 35.2 Å². The minimum atomic E-state index is -1.81. The summed E-state index contributed by atoms with van der Waals surface area (Å²) in [5.41, 5.74) is 2.41. The molecule has 0 aromatic carbocycles. The third kappa shape index (κ3) is 11.7. The van der Waals surface area contributed by atoms with Crippen molar-refractivity contribution in [1.29, 1.82) is 0 Å². The van der Waals surface area contributed by atoms with Crippen molar-refractivity contribution in [1.82, 2.24) is 15.0 Å². The van der Waals surface area contributed by atoms with E-state index in [1.807, 2.05) is 13.8 Å². The number of aliphatic hydroxyl groups excluding tert-OH is 3. The topological polar surface area (TPSA) is 184 Å². The number of hydrogen-bond donors (Lipinski definition) is 5. The largest absolute Gasteiger partial charge is 0.479 e. The summed E-state index contributed by atoms with van der Waals surface area (Å²) in [6.45, 7) is 4.99. The molecule has 0 amide bonds. The van der Waals surface area contributed by atoms with Crippen molar-refractivity contribution in [2.45, 2.75) is 109 Å². The van der Waals surface area contributed by atoms with Gasteiger partial charge in [0.05, 0.1) is 0 Å². The summed E-state index contributed by atoms with van der Waals surface area (Å²) in [6, 6.07) is 6.06. The van der Waals surface area contributed by atoms with E-state index in [9.17, 15) is 24.9 Å². The second-order valence-corrected chi connectivity index (χ2v) is 9.59. The molecule has 1 saturated heterocycles. The van der Waals surface area contributed by atoms with Crippen molar-refractivity contribution in [2.75, 3.05) is 11.9 Å². The number of aliphatic hydroxyl groups is 3. The zero-order chi connectivity index (χ0) is 30.0. The van der Waals surface area contributed by atoms with E-state index in [4.69, 9.17) is 19.6 Å². The van der Waals surface area contributed by atoms with Gasteiger partial charge in [0.2, 0.25) is 6.29 Å². The van der Waals surface area contributed by atoms with Gasteiger partial charge in [-0.3, -0.25) is 4.79 Å². The van der Waals surface area contributed by atoms with Crippen molar-refractivity contribution in [3.05, 3.63) is 48.2 Å². The lowest BCUT2D eigenvalue weighted by molar-refractivity contribution is -0.286. The van der Waals surface area contributed by atoms with Crippen LogP contribution in [0.25, 0.3) is 0 Å². The smallest absolute Gasteiger partial charge is 0.335 e. The summed E-state index contributed by atoms with van der Waals surface area (Å²) in [6.07, 6.45) is 5.00. The van der Waals surface area contributed by atoms with Crippen LogP contribution in [0.15, 0.2) is 36.9 Å². The maximum atomic E-state index is 12.0. The number of aliphatic carboxylic acids is 1. The van der Waals surface area contributed by atoms with E-state index >= 15 is 0 Å². The Balaban J connectivity index is 0.000000640. The molecule has 12 heteroatoms. The number of aryl methyl sites for hydroxylation is 2. The Bertz CT molecular complexity index is 1000. The van der Waals surface area contributed by atoms with Gasteiger partial charge in [-0.25, -0.2) is 19.7 Å². The predicted molar refractivity (Wildman–Crippen MR) is 151 cm³/mol. The molecular formula is C29H44N4O8. The van der Waals surface area contributed by atoms with Crippen LogP contribution in [-0.2, 0) is 31.9 Å². The molecule has 0 saturated carbocycles. The number of nitrogens with zero attached hydrogens (tertiary/aromatic N) is 3. The van der Waals surface area contributed by atoms with Crippen molar-refractivity contribution in [3.8, 4) is 0 Å². The fourth-order valence-corrected chi connectivity index (χ4v) is 4.38. The zero-order valence-corrected chi connectivity index (χ0v) is 23.9. The Morgan fingerprint density at radius 1 is 0.976 bits per heavy atom. The molecular weight excluding hydrogens is 532 g/mol. The molecule has 2 aliphatic heterocycles. The molecule has 2 aromatic rings. The molecule has 2 aromatic heterocycles. The Hall–Kier alpha value is -3.19. The van der Waals surface area contributed by atoms with Gasteiger partial charge >= 0.3 is 11.9 Å². The molecule has 5 unspecified atom stereocenters. The van der Waals surface area contributed by atoms with Crippen LogP contribution in [0.2, 0.25) is 0 Å². The highest BCUT2D eigenvalue weighted by atomic mass is 16.7. The SMILES string of the molecule is CC.O=C(CCCCCCCCc1ccc2c(n1)NCCC2)OC1OC(C(=O)O)C(O)C(O)C1O.c1cncnc1. The van der Waals surface area contributed by atoms with Gasteiger partial charge in [-0.1, -0.05) is 45.6 Å². The average Bonchev–Trinajstić information content (AvgIpc) is 3.00. The van der Waals surface area contributed by atoms with Gasteiger partial charge in [-0.2, -0.15) is 0 Å². The molecule has 2 aliphatic rings. The summed E-state index contributed by atoms with van der Waals surface area (Å²) in [7, 11) is 0. The number of fused-ring (bicyclic) bond motifs is 1. The number of ether oxygens (including phenoxy) is 2. The maximum Gasteiger partial charge on any atom is 0.335 e. The summed E-state index contributed by atoms with van der Waals surface area (Å²) in [5, 5.41) is 41.6. The Morgan fingerprint density at radius 3 is 2.29 bits per heavy atom. The predicted octanol–water partition coefficient (Wildman–Crippen LogP) is 2.65. The average molecular weight is 577 g/mol. The third-order valence-electron chi connectivity index (χ3n) is 6.55. The number of esters is 1. The second-order valence-electron chi connectivity index (χ2n) is 9.59. The van der Waals surface area contributed by atoms with Crippen LogP contribution in [0.1, 0.15) is 76.5 Å². The van der Waals surface area contributed by atoms with Crippen LogP contribution in [0.5, 0.6) is 0 Å². The lowest BCUT2D eigenvalue weighted by Gasteiger charge is -2.37. The first-order valence-corrected chi connectivity index (χ1v) is 14.4. The highest BCUT2D eigenvalue weighted by Crippen LogP contribution is 2.23. The first-order valence-electron chi connectivity index (χ1n) is 14.4. The number of carbonyl (C=O) groups excluding carboxylic acids is 1. The van der Waals surface area contributed by atoms with Crippen LogP contribution in [0.3, 0.4) is 0 Å². The molecule has 0 bridgehead atoms. The van der Waals surface area contributed by atoms with E-state index in [0.717, 1.165) is 69.4 Å². The van der Waals surface area contributed by atoms with Crippen molar-refractivity contribution >= 4 is 17.8 Å². The molecule has 0 spiro atoms. The van der Waals surface area contributed by atoms with E-state index in [1.54, 1.807) is 18.5 Å². The highest BCUT2D eigenvalue weighted by molar-refractivity contribution is 5.73. The lowest BCUT2D eigenvalue weighted by Crippen LogP contribution is -2.60. The van der Waals surface area contributed by atoms with Crippen LogP contribution >= 0.6 is 0 Å². The molecule has 4 heterocycles. The third-order valence-corrected chi connectivity index (χ3v) is 6.55. The number of rotatable bonds is 11. The fraction of sp³-hybridized carbons (Fsp3) is 0.621. The number of pyridine rings is 1. The van der Waals surface area contributed by atoms with Crippen LogP contribution in [0.4, 0.5) is 5.82 Å². The van der Waals surface area contributed by atoms with Gasteiger partial charge in [-0.05, 0) is 49.8 Å². The van der Waals surface area contributed by atoms with Gasteiger partial charge in [0.1, 0.15) is 30.5 Å². The van der Waals surface area contributed by atoms with Crippen LogP contribution < -0.4 is 5.32 Å². The van der Waals surface area contributed by atoms with Crippen molar-refractivity contribution < 1.29 is 39.5 Å². The molecule has 0 aliphatic carbocycles. The van der Waals surface area contributed by atoms with E-state index in [0.29, 0.717) is 6.42 Å². The number of unbranched alkanes of at least 4 members (excludes halogenated alkanes) is 5. The molecule has 4 rings (SSSR count). The van der Waals surface area contributed by atoms with Gasteiger partial charge in [0, 0.05) is 31.1 Å². The number of hydrogen-bond acceptors (Lipinski definition) is 11. The number of carboxylic acid groups (broad SMARTS) is 1. The molecule has 0 radical (unpaired) electrons. The molecule has 1 fully saturated rings. The summed E-state index contributed by atoms with van der Waals surface area (Å²) >= 11 is 0. The lowest BCUT2D eigenvalue weighted by atomic mass is 9.99. The molecule has 5 N–H and O–H groups in total. The minimum absolute atomic E-state index is 0.0923. The van der Waals surface area contributed by atoms with E-state index in [2.05, 4.69) is 27.4 Å². The molecule has 228 valence electrons. The van der Waals surface area contributed by atoms with Crippen LogP contribution in [0, 0.1) is 0 Å². The Morgan fingerprint density at radius 2 is 1.66 bits per heavy atom. The quantitative estimate of drug-likeness (QED) is 0.195. The van der Waals surface area contributed by atoms with Gasteiger partial charge in [0.15, 0.2) is 6.10 Å². The maximum absolute atomic E-state index is 12.0. The number of anilines is 1. The van der Waals surface area contributed by atoms with Crippen LogP contribution in [-0.4, -0.2) is 84.6 Å². The van der Waals surface area contributed by atoms with Gasteiger partial charge in [0.25, 0.3) is 0 Å². The summed E-state index contributed by atoms with van der Waals surface area (Å²) in [5.74, 6) is -1.15.